The fourth-order valence-electron chi connectivity index (χ4n) is 3.08. The molecule has 94 valence electrons. The normalized spacial score (nSPS) is 31.1. The highest BCUT2D eigenvalue weighted by atomic mass is 19.3. The topological polar surface area (TPSA) is 15.3 Å². The molecule has 4 heteroatoms. The Hall–Kier alpha value is -0.220. The second kappa shape index (κ2) is 4.96. The average molecular weight is 232 g/mol. The van der Waals surface area contributed by atoms with Crippen molar-refractivity contribution in [2.24, 2.45) is 0 Å². The third-order valence-corrected chi connectivity index (χ3v) is 4.08. The highest BCUT2D eigenvalue weighted by molar-refractivity contribution is 4.98. The first-order valence-corrected chi connectivity index (χ1v) is 6.39. The summed E-state index contributed by atoms with van der Waals surface area (Å²) in [6.45, 7) is 3.63. The number of rotatable bonds is 2. The maximum atomic E-state index is 12.5. The van der Waals surface area contributed by atoms with Crippen LogP contribution in [0.4, 0.5) is 8.78 Å². The number of alkyl halides is 2. The van der Waals surface area contributed by atoms with Gasteiger partial charge in [0.05, 0.1) is 6.54 Å². The monoisotopic (exact) mass is 232 g/mol. The van der Waals surface area contributed by atoms with E-state index in [4.69, 9.17) is 0 Å². The lowest BCUT2D eigenvalue weighted by molar-refractivity contribution is 0.0143. The summed E-state index contributed by atoms with van der Waals surface area (Å²) < 4.78 is 25.0. The van der Waals surface area contributed by atoms with E-state index in [0.717, 1.165) is 25.9 Å². The number of hydrogen-bond acceptors (Lipinski definition) is 2. The Morgan fingerprint density at radius 1 is 1.31 bits per heavy atom. The van der Waals surface area contributed by atoms with Crippen LogP contribution in [-0.4, -0.2) is 42.5 Å². The summed E-state index contributed by atoms with van der Waals surface area (Å²) in [6, 6.07) is 0.238. The molecule has 1 aliphatic carbocycles. The van der Waals surface area contributed by atoms with Crippen LogP contribution in [0.3, 0.4) is 0 Å². The minimum absolute atomic E-state index is 0.0649. The van der Waals surface area contributed by atoms with Crippen LogP contribution in [0.2, 0.25) is 0 Å². The Kier molecular flexibility index (Phi) is 3.80. The Bertz CT molecular complexity index is 227. The molecule has 2 rings (SSSR count). The number of nitrogens with zero attached hydrogens (tertiary/aromatic N) is 1. The third kappa shape index (κ3) is 2.72. The van der Waals surface area contributed by atoms with Gasteiger partial charge in [-0.15, -0.1) is 0 Å². The first kappa shape index (κ1) is 12.2. The molecule has 1 atom stereocenters. The molecule has 2 aliphatic rings. The Labute approximate surface area is 96.4 Å². The molecule has 0 aromatic heterocycles. The Morgan fingerprint density at radius 2 is 2.00 bits per heavy atom. The van der Waals surface area contributed by atoms with Gasteiger partial charge in [-0.25, -0.2) is 8.78 Å². The molecule has 1 aliphatic heterocycles. The second-order valence-corrected chi connectivity index (χ2v) is 5.39. The molecule has 1 saturated heterocycles. The van der Waals surface area contributed by atoms with Gasteiger partial charge < -0.3 is 5.32 Å². The molecule has 1 unspecified atom stereocenters. The predicted molar refractivity (Wildman–Crippen MR) is 60.9 cm³/mol. The summed E-state index contributed by atoms with van der Waals surface area (Å²) >= 11 is 0. The minimum atomic E-state index is -2.21. The van der Waals surface area contributed by atoms with Crippen molar-refractivity contribution in [3.8, 4) is 0 Å². The molecule has 1 heterocycles. The zero-order valence-electron chi connectivity index (χ0n) is 10.0. The van der Waals surface area contributed by atoms with Crippen molar-refractivity contribution >= 4 is 0 Å². The molecule has 0 bridgehead atoms. The van der Waals surface area contributed by atoms with Crippen molar-refractivity contribution in [2.45, 2.75) is 57.0 Å². The molecule has 1 saturated carbocycles. The average Bonchev–Trinajstić information content (AvgIpc) is 2.24. The van der Waals surface area contributed by atoms with Crippen LogP contribution in [0.5, 0.6) is 0 Å². The summed E-state index contributed by atoms with van der Waals surface area (Å²) in [4.78, 5) is 1.96. The van der Waals surface area contributed by atoms with Gasteiger partial charge in [-0.1, -0.05) is 19.3 Å². The smallest absolute Gasteiger partial charge is 0.251 e. The van der Waals surface area contributed by atoms with Crippen molar-refractivity contribution in [2.75, 3.05) is 19.6 Å². The van der Waals surface area contributed by atoms with Gasteiger partial charge in [0, 0.05) is 24.7 Å². The molecule has 16 heavy (non-hydrogen) atoms. The lowest BCUT2D eigenvalue weighted by Crippen LogP contribution is -2.64. The standard InChI is InChI=1S/C12H22F2N2/c1-10-7-15-12(5-3-2-4-6-12)9-16(10)8-11(13)14/h10-11,15H,2-9H2,1H3. The SMILES string of the molecule is CC1CNC2(CCCCC2)CN1CC(F)F. The maximum Gasteiger partial charge on any atom is 0.251 e. The van der Waals surface area contributed by atoms with Crippen LogP contribution >= 0.6 is 0 Å². The number of piperazine rings is 1. The van der Waals surface area contributed by atoms with Gasteiger partial charge in [0.1, 0.15) is 0 Å². The summed E-state index contributed by atoms with van der Waals surface area (Å²) in [7, 11) is 0. The van der Waals surface area contributed by atoms with Crippen LogP contribution in [0.15, 0.2) is 0 Å². The first-order chi connectivity index (χ1) is 7.61. The van der Waals surface area contributed by atoms with Crippen LogP contribution < -0.4 is 5.32 Å². The van der Waals surface area contributed by atoms with E-state index in [9.17, 15) is 8.78 Å². The third-order valence-electron chi connectivity index (χ3n) is 4.08. The van der Waals surface area contributed by atoms with E-state index in [1.54, 1.807) is 0 Å². The molecule has 2 nitrogen and oxygen atoms in total. The Balaban J connectivity index is 1.97. The molecule has 1 N–H and O–H groups in total. The molecule has 0 aromatic carbocycles. The van der Waals surface area contributed by atoms with E-state index in [-0.39, 0.29) is 18.1 Å². The summed E-state index contributed by atoms with van der Waals surface area (Å²) in [5, 5.41) is 3.60. The number of hydrogen-bond donors (Lipinski definition) is 1. The van der Waals surface area contributed by atoms with Crippen LogP contribution in [0, 0.1) is 0 Å². The van der Waals surface area contributed by atoms with E-state index >= 15 is 0 Å². The minimum Gasteiger partial charge on any atom is -0.308 e. The van der Waals surface area contributed by atoms with Crippen molar-refractivity contribution in [1.82, 2.24) is 10.2 Å². The molecule has 2 fully saturated rings. The zero-order chi connectivity index (χ0) is 11.6. The van der Waals surface area contributed by atoms with Gasteiger partial charge >= 0.3 is 0 Å². The molecular weight excluding hydrogens is 210 g/mol. The van der Waals surface area contributed by atoms with Crippen LogP contribution in [0.25, 0.3) is 0 Å². The predicted octanol–water partition coefficient (Wildman–Crippen LogP) is 2.25. The van der Waals surface area contributed by atoms with Gasteiger partial charge in [0.25, 0.3) is 6.43 Å². The van der Waals surface area contributed by atoms with Gasteiger partial charge in [0.15, 0.2) is 0 Å². The quantitative estimate of drug-likeness (QED) is 0.785. The highest BCUT2D eigenvalue weighted by Crippen LogP contribution is 2.31. The second-order valence-electron chi connectivity index (χ2n) is 5.39. The van der Waals surface area contributed by atoms with Crippen molar-refractivity contribution in [3.05, 3.63) is 0 Å². The molecule has 0 radical (unpaired) electrons. The van der Waals surface area contributed by atoms with Gasteiger partial charge in [-0.05, 0) is 19.8 Å². The van der Waals surface area contributed by atoms with Gasteiger partial charge in [-0.3, -0.25) is 4.90 Å². The van der Waals surface area contributed by atoms with Gasteiger partial charge in [-0.2, -0.15) is 0 Å². The van der Waals surface area contributed by atoms with E-state index in [1.807, 2.05) is 11.8 Å². The summed E-state index contributed by atoms with van der Waals surface area (Å²) in [6.07, 6.45) is 3.88. The van der Waals surface area contributed by atoms with Crippen molar-refractivity contribution < 1.29 is 8.78 Å². The molecule has 1 spiro atoms. The van der Waals surface area contributed by atoms with E-state index in [1.165, 1.54) is 19.3 Å². The van der Waals surface area contributed by atoms with Crippen molar-refractivity contribution in [3.63, 3.8) is 0 Å². The summed E-state index contributed by atoms with van der Waals surface area (Å²) in [5.74, 6) is 0. The van der Waals surface area contributed by atoms with Crippen molar-refractivity contribution in [1.29, 1.82) is 0 Å². The van der Waals surface area contributed by atoms with Crippen LogP contribution in [-0.2, 0) is 0 Å². The first-order valence-electron chi connectivity index (χ1n) is 6.39. The van der Waals surface area contributed by atoms with E-state index in [0.29, 0.717) is 0 Å². The van der Waals surface area contributed by atoms with Crippen LogP contribution in [0.1, 0.15) is 39.0 Å². The molecule has 0 aromatic rings. The fourth-order valence-corrected chi connectivity index (χ4v) is 3.08. The van der Waals surface area contributed by atoms with E-state index < -0.39 is 6.43 Å². The van der Waals surface area contributed by atoms with Gasteiger partial charge in [0.2, 0.25) is 0 Å². The van der Waals surface area contributed by atoms with E-state index in [2.05, 4.69) is 5.32 Å². The molecular formula is C12H22F2N2. The highest BCUT2D eigenvalue weighted by Gasteiger charge is 2.39. The lowest BCUT2D eigenvalue weighted by Gasteiger charge is -2.48. The zero-order valence-corrected chi connectivity index (χ0v) is 10.0. The number of halogens is 2. The largest absolute Gasteiger partial charge is 0.308 e. The number of nitrogens with one attached hydrogen (secondary N) is 1. The fraction of sp³-hybridized carbons (Fsp3) is 1.00. The maximum absolute atomic E-state index is 12.5. The molecule has 0 amide bonds. The Morgan fingerprint density at radius 3 is 2.62 bits per heavy atom. The summed E-state index contributed by atoms with van der Waals surface area (Å²) in [5.41, 5.74) is 0.139. The lowest BCUT2D eigenvalue weighted by atomic mass is 9.79.